The van der Waals surface area contributed by atoms with E-state index in [1.54, 1.807) is 37.8 Å². The summed E-state index contributed by atoms with van der Waals surface area (Å²) in [5.41, 5.74) is 5.51. The molecule has 10 nitrogen and oxygen atoms in total. The number of hydrogen-bond acceptors (Lipinski definition) is 8. The first kappa shape index (κ1) is 29.3. The maximum absolute atomic E-state index is 13.0. The van der Waals surface area contributed by atoms with Crippen molar-refractivity contribution in [2.75, 3.05) is 29.5 Å². The monoisotopic (exact) mass is 569 g/mol. The van der Waals surface area contributed by atoms with Gasteiger partial charge >= 0.3 is 12.3 Å². The lowest BCUT2D eigenvalue weighted by molar-refractivity contribution is -0.137. The molecule has 3 aromatic rings. The Morgan fingerprint density at radius 2 is 1.78 bits per heavy atom. The number of nitrogens with one attached hydrogen (secondary N) is 3. The average Bonchev–Trinajstić information content (AvgIpc) is 3.36. The number of alkyl halides is 3. The lowest BCUT2D eigenvalue weighted by Gasteiger charge is -2.24. The van der Waals surface area contributed by atoms with Gasteiger partial charge in [0, 0.05) is 35.9 Å². The number of amides is 2. The molecule has 1 aliphatic heterocycles. The molecule has 5 N–H and O–H groups in total. The molecule has 4 rings (SSSR count). The topological polar surface area (TPSA) is 146 Å². The second-order valence-electron chi connectivity index (χ2n) is 10.5. The van der Waals surface area contributed by atoms with Crippen LogP contribution in [0, 0.1) is 5.41 Å². The number of halogens is 3. The molecule has 2 amide bonds. The Morgan fingerprint density at radius 1 is 1.07 bits per heavy atom. The minimum absolute atomic E-state index is 0.0170. The summed E-state index contributed by atoms with van der Waals surface area (Å²) >= 11 is 0. The first-order chi connectivity index (χ1) is 19.2. The zero-order valence-electron chi connectivity index (χ0n) is 22.7. The number of ether oxygens (including phenoxy) is 1. The van der Waals surface area contributed by atoms with Crippen molar-refractivity contribution < 1.29 is 27.5 Å². The molecule has 0 aliphatic carbocycles. The van der Waals surface area contributed by atoms with Crippen molar-refractivity contribution in [3.63, 3.8) is 0 Å². The highest BCUT2D eigenvalue weighted by molar-refractivity contribution is 6.16. The largest absolute Gasteiger partial charge is 0.444 e. The second-order valence-corrected chi connectivity index (χ2v) is 10.5. The molecule has 1 aromatic heterocycles. The molecule has 216 valence electrons. The SMILES string of the molecule is CC(C)(C)OC(=O)N1CCC(Nc2ncnc(N)c2C(=N)c2ccc(NC(=O)c3cccc(C(F)(F)F)c3)cc2)C1. The number of likely N-dealkylation sites (tertiary alicyclic amines) is 1. The lowest BCUT2D eigenvalue weighted by Crippen LogP contribution is -2.36. The lowest BCUT2D eigenvalue weighted by atomic mass is 10.0. The van der Waals surface area contributed by atoms with Gasteiger partial charge in [-0.3, -0.25) is 10.2 Å². The molecule has 1 aliphatic rings. The van der Waals surface area contributed by atoms with Gasteiger partial charge in [-0.2, -0.15) is 13.2 Å². The number of rotatable bonds is 6. The molecule has 0 radical (unpaired) electrons. The van der Waals surface area contributed by atoms with Gasteiger partial charge in [0.2, 0.25) is 0 Å². The average molecular weight is 570 g/mol. The molecule has 1 unspecified atom stereocenters. The van der Waals surface area contributed by atoms with Crippen LogP contribution in [0.25, 0.3) is 0 Å². The minimum Gasteiger partial charge on any atom is -0.444 e. The maximum atomic E-state index is 13.0. The minimum atomic E-state index is -4.57. The van der Waals surface area contributed by atoms with Crippen molar-refractivity contribution in [1.29, 1.82) is 5.41 Å². The summed E-state index contributed by atoms with van der Waals surface area (Å²) in [5, 5.41) is 14.6. The van der Waals surface area contributed by atoms with Gasteiger partial charge in [-0.25, -0.2) is 14.8 Å². The van der Waals surface area contributed by atoms with E-state index in [0.717, 1.165) is 12.1 Å². The van der Waals surface area contributed by atoms with Gasteiger partial charge in [-0.1, -0.05) is 18.2 Å². The highest BCUT2D eigenvalue weighted by Crippen LogP contribution is 2.30. The van der Waals surface area contributed by atoms with Crippen LogP contribution in [0.1, 0.15) is 54.2 Å². The molecule has 2 aromatic carbocycles. The van der Waals surface area contributed by atoms with Crippen LogP contribution < -0.4 is 16.4 Å². The number of hydrogen-bond donors (Lipinski definition) is 4. The van der Waals surface area contributed by atoms with E-state index < -0.39 is 29.3 Å². The molecule has 41 heavy (non-hydrogen) atoms. The summed E-state index contributed by atoms with van der Waals surface area (Å²) in [6, 6.07) is 10.2. The highest BCUT2D eigenvalue weighted by Gasteiger charge is 2.32. The number of nitrogens with two attached hydrogens (primary N) is 1. The van der Waals surface area contributed by atoms with Gasteiger partial charge in [0.15, 0.2) is 0 Å². The Balaban J connectivity index is 1.45. The van der Waals surface area contributed by atoms with Crippen molar-refractivity contribution in [3.05, 3.63) is 77.1 Å². The third-order valence-electron chi connectivity index (χ3n) is 6.19. The first-order valence-corrected chi connectivity index (χ1v) is 12.7. The number of anilines is 3. The molecule has 1 fully saturated rings. The number of nitrogens with zero attached hydrogens (tertiary/aromatic N) is 3. The van der Waals surface area contributed by atoms with Gasteiger partial charge in [0.25, 0.3) is 5.91 Å². The van der Waals surface area contributed by atoms with Crippen molar-refractivity contribution >= 4 is 35.0 Å². The Kier molecular flexibility index (Phi) is 8.17. The van der Waals surface area contributed by atoms with E-state index in [0.29, 0.717) is 36.6 Å². The smallest absolute Gasteiger partial charge is 0.416 e. The van der Waals surface area contributed by atoms with Crippen LogP contribution in [-0.4, -0.2) is 57.3 Å². The molecule has 13 heteroatoms. The normalized spacial score (nSPS) is 15.4. The van der Waals surface area contributed by atoms with Crippen LogP contribution in [0.2, 0.25) is 0 Å². The molecular weight excluding hydrogens is 539 g/mol. The van der Waals surface area contributed by atoms with Gasteiger partial charge in [0.1, 0.15) is 23.6 Å². The Morgan fingerprint density at radius 3 is 2.44 bits per heavy atom. The van der Waals surface area contributed by atoms with Crippen molar-refractivity contribution in [3.8, 4) is 0 Å². The van der Waals surface area contributed by atoms with Crippen molar-refractivity contribution in [1.82, 2.24) is 14.9 Å². The standard InChI is InChI=1S/C28H30F3N7O3/c1-27(2,3)41-26(40)38-12-11-20(14-38)36-24-21(23(33)34-15-35-24)22(32)16-7-9-19(10-8-16)37-25(39)17-5-4-6-18(13-17)28(29,30)31/h4-10,13,15,20,32H,11-12,14H2,1-3H3,(H,37,39)(H3,33,34,35,36). The van der Waals surface area contributed by atoms with Crippen LogP contribution in [0.5, 0.6) is 0 Å². The molecule has 0 bridgehead atoms. The Hall–Kier alpha value is -4.68. The Labute approximate surface area is 234 Å². The quantitative estimate of drug-likeness (QED) is 0.300. The molecule has 0 saturated carbocycles. The first-order valence-electron chi connectivity index (χ1n) is 12.7. The molecule has 1 saturated heterocycles. The third-order valence-corrected chi connectivity index (χ3v) is 6.19. The fourth-order valence-corrected chi connectivity index (χ4v) is 4.22. The maximum Gasteiger partial charge on any atom is 0.416 e. The summed E-state index contributed by atoms with van der Waals surface area (Å²) in [7, 11) is 0. The van der Waals surface area contributed by atoms with E-state index in [1.807, 2.05) is 0 Å². The molecule has 2 heterocycles. The van der Waals surface area contributed by atoms with E-state index in [4.69, 9.17) is 15.9 Å². The number of carbonyl (C=O) groups is 2. The zero-order chi connectivity index (χ0) is 29.9. The number of benzene rings is 2. The number of nitrogen functional groups attached to an aromatic ring is 1. The summed E-state index contributed by atoms with van der Waals surface area (Å²) in [6.45, 7) is 6.28. The van der Waals surface area contributed by atoms with Gasteiger partial charge in [-0.15, -0.1) is 0 Å². The summed E-state index contributed by atoms with van der Waals surface area (Å²) < 4.78 is 44.4. The predicted octanol–water partition coefficient (Wildman–Crippen LogP) is 5.17. The summed E-state index contributed by atoms with van der Waals surface area (Å²) in [5.74, 6) is -0.292. The zero-order valence-corrected chi connectivity index (χ0v) is 22.7. The number of carbonyl (C=O) groups excluding carboxylic acids is 2. The number of aromatic nitrogens is 2. The van der Waals surface area contributed by atoms with Crippen LogP contribution in [0.4, 0.5) is 35.3 Å². The van der Waals surface area contributed by atoms with E-state index in [2.05, 4.69) is 20.6 Å². The van der Waals surface area contributed by atoms with Crippen LogP contribution in [0.3, 0.4) is 0 Å². The molecular formula is C28H30F3N7O3. The van der Waals surface area contributed by atoms with Crippen molar-refractivity contribution in [2.24, 2.45) is 0 Å². The van der Waals surface area contributed by atoms with Crippen LogP contribution in [-0.2, 0) is 10.9 Å². The summed E-state index contributed by atoms with van der Waals surface area (Å²) in [6.07, 6.45) is -3.06. The second kappa shape index (κ2) is 11.4. The van der Waals surface area contributed by atoms with Crippen LogP contribution >= 0.6 is 0 Å². The predicted molar refractivity (Wildman–Crippen MR) is 148 cm³/mol. The molecule has 0 spiro atoms. The Bertz CT molecular complexity index is 1450. The van der Waals surface area contributed by atoms with E-state index in [1.165, 1.54) is 30.6 Å². The summed E-state index contributed by atoms with van der Waals surface area (Å²) in [4.78, 5) is 34.9. The van der Waals surface area contributed by atoms with Gasteiger partial charge < -0.3 is 26.0 Å². The van der Waals surface area contributed by atoms with E-state index >= 15 is 0 Å². The molecule has 1 atom stereocenters. The third kappa shape index (κ3) is 7.29. The fourth-order valence-electron chi connectivity index (χ4n) is 4.22. The van der Waals surface area contributed by atoms with Crippen LogP contribution in [0.15, 0.2) is 54.9 Å². The van der Waals surface area contributed by atoms with Gasteiger partial charge in [-0.05, 0) is 57.5 Å². The fraction of sp³-hybridized carbons (Fsp3) is 0.321. The van der Waals surface area contributed by atoms with E-state index in [-0.39, 0.29) is 28.7 Å². The highest BCUT2D eigenvalue weighted by atomic mass is 19.4. The van der Waals surface area contributed by atoms with Crippen molar-refractivity contribution in [2.45, 2.75) is 45.0 Å². The van der Waals surface area contributed by atoms with E-state index in [9.17, 15) is 22.8 Å². The van der Waals surface area contributed by atoms with Gasteiger partial charge in [0.05, 0.1) is 16.8 Å².